The van der Waals surface area contributed by atoms with Crippen molar-refractivity contribution >= 4 is 29.5 Å². The van der Waals surface area contributed by atoms with E-state index in [4.69, 9.17) is 27.8 Å². The van der Waals surface area contributed by atoms with E-state index in [9.17, 15) is 18.4 Å². The third kappa shape index (κ3) is 4.62. The van der Waals surface area contributed by atoms with Crippen LogP contribution in [0, 0.1) is 0 Å². The van der Waals surface area contributed by atoms with Gasteiger partial charge in [-0.1, -0.05) is 29.8 Å². The summed E-state index contributed by atoms with van der Waals surface area (Å²) in [4.78, 5) is 28.4. The number of hydrogen-bond acceptors (Lipinski definition) is 4. The standard InChI is InChI=1S/C20H21ClF2N4O3/c21-13-5-1-4-11(12(13)10-30-20(25)29)16-8-3-9-17(26-16)27(19(24)28)18-14(22)6-2-7-15(18)23/h1,3-5,8-9,14-15,18H,2,6-7,10H2,(H2,24,28)(H2,25,29). The first-order valence-electron chi connectivity index (χ1n) is 9.33. The van der Waals surface area contributed by atoms with Crippen LogP contribution in [-0.4, -0.2) is 35.5 Å². The molecular formula is C20H21ClF2N4O3. The third-order valence-corrected chi connectivity index (χ3v) is 5.33. The van der Waals surface area contributed by atoms with Crippen LogP contribution in [0.15, 0.2) is 36.4 Å². The number of urea groups is 1. The van der Waals surface area contributed by atoms with Crippen LogP contribution in [0.3, 0.4) is 0 Å². The molecule has 1 aliphatic carbocycles. The number of aromatic nitrogens is 1. The Morgan fingerprint density at radius 1 is 1.13 bits per heavy atom. The van der Waals surface area contributed by atoms with Crippen molar-refractivity contribution in [1.82, 2.24) is 4.98 Å². The van der Waals surface area contributed by atoms with E-state index in [0.717, 1.165) is 4.90 Å². The Morgan fingerprint density at radius 2 is 1.80 bits per heavy atom. The van der Waals surface area contributed by atoms with E-state index in [-0.39, 0.29) is 25.3 Å². The van der Waals surface area contributed by atoms with Gasteiger partial charge < -0.3 is 16.2 Å². The van der Waals surface area contributed by atoms with Crippen LogP contribution in [0.5, 0.6) is 0 Å². The minimum absolute atomic E-state index is 0.0129. The number of primary amides is 2. The van der Waals surface area contributed by atoms with Crippen molar-refractivity contribution in [2.45, 2.75) is 44.3 Å². The van der Waals surface area contributed by atoms with Crippen LogP contribution < -0.4 is 16.4 Å². The molecule has 160 valence electrons. The van der Waals surface area contributed by atoms with Gasteiger partial charge in [0.2, 0.25) is 0 Å². The number of rotatable bonds is 5. The highest BCUT2D eigenvalue weighted by Crippen LogP contribution is 2.33. The number of hydrogen-bond donors (Lipinski definition) is 2. The van der Waals surface area contributed by atoms with Gasteiger partial charge >= 0.3 is 12.1 Å². The second kappa shape index (κ2) is 9.25. The first-order chi connectivity index (χ1) is 14.3. The van der Waals surface area contributed by atoms with E-state index in [2.05, 4.69) is 4.98 Å². The number of benzene rings is 1. The summed E-state index contributed by atoms with van der Waals surface area (Å²) < 4.78 is 33.9. The summed E-state index contributed by atoms with van der Waals surface area (Å²) in [5, 5.41) is 0.313. The van der Waals surface area contributed by atoms with Gasteiger partial charge in [-0.05, 0) is 37.5 Å². The van der Waals surface area contributed by atoms with Gasteiger partial charge in [-0.3, -0.25) is 4.90 Å². The highest BCUT2D eigenvalue weighted by Gasteiger charge is 2.41. The minimum atomic E-state index is -1.56. The van der Waals surface area contributed by atoms with Crippen LogP contribution in [0.1, 0.15) is 24.8 Å². The summed E-state index contributed by atoms with van der Waals surface area (Å²) in [5.41, 5.74) is 11.8. The zero-order valence-electron chi connectivity index (χ0n) is 15.9. The summed E-state index contributed by atoms with van der Waals surface area (Å²) in [6.45, 7) is -0.197. The van der Waals surface area contributed by atoms with Gasteiger partial charge in [0.25, 0.3) is 0 Å². The maximum Gasteiger partial charge on any atom is 0.404 e. The molecule has 1 fully saturated rings. The SMILES string of the molecule is NC(=O)OCc1c(Cl)cccc1-c1cccc(N(C(N)=O)C2C(F)CCCC2F)n1. The molecule has 30 heavy (non-hydrogen) atoms. The van der Waals surface area contributed by atoms with Crippen molar-refractivity contribution in [2.75, 3.05) is 4.90 Å². The second-order valence-electron chi connectivity index (χ2n) is 6.92. The Hall–Kier alpha value is -2.94. The molecule has 2 unspecified atom stereocenters. The molecule has 7 nitrogen and oxygen atoms in total. The maximum absolute atomic E-state index is 14.5. The van der Waals surface area contributed by atoms with Crippen LogP contribution in [-0.2, 0) is 11.3 Å². The molecule has 2 aromatic rings. The molecule has 1 saturated carbocycles. The molecule has 3 amide bonds. The monoisotopic (exact) mass is 438 g/mol. The molecule has 1 aromatic heterocycles. The first-order valence-corrected chi connectivity index (χ1v) is 9.71. The number of carbonyl (C=O) groups is 2. The van der Waals surface area contributed by atoms with Crippen molar-refractivity contribution in [2.24, 2.45) is 11.5 Å². The Balaban J connectivity index is 2.02. The number of anilines is 1. The fourth-order valence-electron chi connectivity index (χ4n) is 3.61. The predicted molar refractivity (Wildman–Crippen MR) is 109 cm³/mol. The van der Waals surface area contributed by atoms with E-state index < -0.39 is 30.5 Å². The quantitative estimate of drug-likeness (QED) is 0.731. The smallest absolute Gasteiger partial charge is 0.404 e. The Bertz CT molecular complexity index is 936. The minimum Gasteiger partial charge on any atom is -0.445 e. The zero-order chi connectivity index (χ0) is 21.8. The number of carbonyl (C=O) groups excluding carboxylic acids is 2. The molecule has 10 heteroatoms. The van der Waals surface area contributed by atoms with Gasteiger partial charge in [0, 0.05) is 16.1 Å². The summed E-state index contributed by atoms with van der Waals surface area (Å²) in [6.07, 6.45) is -3.42. The molecule has 4 N–H and O–H groups in total. The van der Waals surface area contributed by atoms with Crippen LogP contribution in [0.25, 0.3) is 11.3 Å². The summed E-state index contributed by atoms with van der Waals surface area (Å²) in [5.74, 6) is 0.0129. The van der Waals surface area contributed by atoms with Gasteiger partial charge in [0.1, 0.15) is 30.8 Å². The number of nitrogens with zero attached hydrogens (tertiary/aromatic N) is 2. The topological polar surface area (TPSA) is 112 Å². The average molecular weight is 439 g/mol. The number of amides is 3. The molecular weight excluding hydrogens is 418 g/mol. The van der Waals surface area contributed by atoms with Gasteiger partial charge in [0.05, 0.1) is 5.69 Å². The zero-order valence-corrected chi connectivity index (χ0v) is 16.7. The molecule has 1 aliphatic rings. The fourth-order valence-corrected chi connectivity index (χ4v) is 3.84. The third-order valence-electron chi connectivity index (χ3n) is 4.97. The lowest BCUT2D eigenvalue weighted by atomic mass is 9.90. The van der Waals surface area contributed by atoms with Crippen molar-refractivity contribution in [1.29, 1.82) is 0 Å². The molecule has 0 bridgehead atoms. The van der Waals surface area contributed by atoms with Gasteiger partial charge in [-0.15, -0.1) is 0 Å². The van der Waals surface area contributed by atoms with E-state index in [0.29, 0.717) is 28.3 Å². The van der Waals surface area contributed by atoms with Crippen molar-refractivity contribution in [3.05, 3.63) is 47.0 Å². The summed E-state index contributed by atoms with van der Waals surface area (Å²) in [6, 6.07) is 7.26. The highest BCUT2D eigenvalue weighted by atomic mass is 35.5. The Kier molecular flexibility index (Phi) is 6.71. The second-order valence-corrected chi connectivity index (χ2v) is 7.32. The van der Waals surface area contributed by atoms with Crippen LogP contribution in [0.4, 0.5) is 24.2 Å². The number of ether oxygens (including phenoxy) is 1. The lowest BCUT2D eigenvalue weighted by Gasteiger charge is -2.37. The summed E-state index contributed by atoms with van der Waals surface area (Å²) >= 11 is 6.23. The van der Waals surface area contributed by atoms with Crippen LogP contribution in [0.2, 0.25) is 5.02 Å². The van der Waals surface area contributed by atoms with Crippen LogP contribution >= 0.6 is 11.6 Å². The van der Waals surface area contributed by atoms with E-state index in [1.165, 1.54) is 6.07 Å². The number of nitrogens with two attached hydrogens (primary N) is 2. The van der Waals surface area contributed by atoms with Gasteiger partial charge in [-0.25, -0.2) is 23.4 Å². The lowest BCUT2D eigenvalue weighted by Crippen LogP contribution is -2.55. The van der Waals surface area contributed by atoms with E-state index in [1.54, 1.807) is 30.3 Å². The Labute approximate surface area is 176 Å². The predicted octanol–water partition coefficient (Wildman–Crippen LogP) is 4.11. The molecule has 0 saturated heterocycles. The van der Waals surface area contributed by atoms with E-state index in [1.807, 2.05) is 0 Å². The highest BCUT2D eigenvalue weighted by molar-refractivity contribution is 6.31. The first kappa shape index (κ1) is 21.8. The van der Waals surface area contributed by atoms with Crippen molar-refractivity contribution in [3.63, 3.8) is 0 Å². The molecule has 0 radical (unpaired) electrons. The molecule has 2 atom stereocenters. The van der Waals surface area contributed by atoms with E-state index >= 15 is 0 Å². The largest absolute Gasteiger partial charge is 0.445 e. The number of pyridine rings is 1. The molecule has 0 spiro atoms. The maximum atomic E-state index is 14.5. The average Bonchev–Trinajstić information content (AvgIpc) is 2.69. The number of halogens is 3. The van der Waals surface area contributed by atoms with Crippen molar-refractivity contribution < 1.29 is 23.1 Å². The summed E-state index contributed by atoms with van der Waals surface area (Å²) in [7, 11) is 0. The molecule has 3 rings (SSSR count). The normalized spacial score (nSPS) is 21.1. The van der Waals surface area contributed by atoms with Gasteiger partial charge in [0.15, 0.2) is 0 Å². The molecule has 1 heterocycles. The molecule has 0 aliphatic heterocycles. The fraction of sp³-hybridized carbons (Fsp3) is 0.350. The number of alkyl halides is 2. The van der Waals surface area contributed by atoms with Crippen molar-refractivity contribution in [3.8, 4) is 11.3 Å². The lowest BCUT2D eigenvalue weighted by molar-refractivity contribution is 0.123. The Morgan fingerprint density at radius 3 is 2.43 bits per heavy atom. The molecule has 1 aromatic carbocycles. The van der Waals surface area contributed by atoms with Gasteiger partial charge in [-0.2, -0.15) is 0 Å².